The number of hydrogen-bond acceptors (Lipinski definition) is 2. The molecule has 2 unspecified atom stereocenters. The Morgan fingerprint density at radius 3 is 2.78 bits per heavy atom. The molecule has 1 aliphatic rings. The summed E-state index contributed by atoms with van der Waals surface area (Å²) in [7, 11) is 0. The zero-order chi connectivity index (χ0) is 12.8. The number of benzene rings is 1. The lowest BCUT2D eigenvalue weighted by Crippen LogP contribution is -2.12. The zero-order valence-electron chi connectivity index (χ0n) is 10.6. The summed E-state index contributed by atoms with van der Waals surface area (Å²) in [6.45, 7) is 0.892. The molecule has 1 fully saturated rings. The van der Waals surface area contributed by atoms with Crippen LogP contribution in [0, 0.1) is 5.82 Å². The number of ether oxygens (including phenoxy) is 1. The molecule has 0 saturated carbocycles. The summed E-state index contributed by atoms with van der Waals surface area (Å²) in [5, 5.41) is 9.91. The Bertz CT molecular complexity index is 344. The Balaban J connectivity index is 1.65. The summed E-state index contributed by atoms with van der Waals surface area (Å²) in [5.41, 5.74) is 0.987. The Kier molecular flexibility index (Phi) is 5.14. The molecule has 0 amide bonds. The quantitative estimate of drug-likeness (QED) is 0.843. The maximum atomic E-state index is 12.7. The molecule has 3 heteroatoms. The van der Waals surface area contributed by atoms with E-state index in [2.05, 4.69) is 0 Å². The van der Waals surface area contributed by atoms with E-state index in [0.29, 0.717) is 12.5 Å². The van der Waals surface area contributed by atoms with Crippen LogP contribution < -0.4 is 0 Å². The minimum atomic E-state index is -0.336. The smallest absolute Gasteiger partial charge is 0.123 e. The Morgan fingerprint density at radius 1 is 1.33 bits per heavy atom. The fraction of sp³-hybridized carbons (Fsp3) is 0.600. The van der Waals surface area contributed by atoms with Gasteiger partial charge >= 0.3 is 0 Å². The van der Waals surface area contributed by atoms with Gasteiger partial charge in [-0.3, -0.25) is 0 Å². The molecule has 1 saturated heterocycles. The average molecular weight is 252 g/mol. The van der Waals surface area contributed by atoms with Crippen molar-refractivity contribution in [3.05, 3.63) is 35.6 Å². The first-order valence-electron chi connectivity index (χ1n) is 6.78. The van der Waals surface area contributed by atoms with E-state index in [1.807, 2.05) is 0 Å². The van der Waals surface area contributed by atoms with Crippen molar-refractivity contribution in [1.29, 1.82) is 0 Å². The highest BCUT2D eigenvalue weighted by Gasteiger charge is 2.15. The molecule has 0 aliphatic carbocycles. The normalized spacial score (nSPS) is 21.1. The fourth-order valence-electron chi connectivity index (χ4n) is 2.45. The van der Waals surface area contributed by atoms with E-state index in [-0.39, 0.29) is 11.9 Å². The average Bonchev–Trinajstić information content (AvgIpc) is 2.85. The lowest BCUT2D eigenvalue weighted by Gasteiger charge is -2.13. The summed E-state index contributed by atoms with van der Waals surface area (Å²) in [6.07, 6.45) is 5.83. The van der Waals surface area contributed by atoms with Crippen molar-refractivity contribution >= 4 is 0 Å². The summed E-state index contributed by atoms with van der Waals surface area (Å²) < 4.78 is 18.3. The standard InChI is InChI=1S/C15H21FO2/c16-13-8-6-12(7-9-13)11-14(17)3-1-4-15-5-2-10-18-15/h6-9,14-15,17H,1-5,10-11H2. The molecule has 18 heavy (non-hydrogen) atoms. The summed E-state index contributed by atoms with van der Waals surface area (Å²) in [5.74, 6) is -0.230. The number of aliphatic hydroxyl groups is 1. The molecule has 100 valence electrons. The van der Waals surface area contributed by atoms with Crippen LogP contribution in [0.25, 0.3) is 0 Å². The lowest BCUT2D eigenvalue weighted by molar-refractivity contribution is 0.0945. The monoisotopic (exact) mass is 252 g/mol. The summed E-state index contributed by atoms with van der Waals surface area (Å²) >= 11 is 0. The van der Waals surface area contributed by atoms with Crippen molar-refractivity contribution in [2.75, 3.05) is 6.61 Å². The van der Waals surface area contributed by atoms with Gasteiger partial charge in [0.1, 0.15) is 5.82 Å². The molecule has 1 N–H and O–H groups in total. The molecule has 1 heterocycles. The van der Waals surface area contributed by atoms with Crippen molar-refractivity contribution in [1.82, 2.24) is 0 Å². The molecule has 0 aromatic heterocycles. The lowest BCUT2D eigenvalue weighted by atomic mass is 10.0. The highest BCUT2D eigenvalue weighted by Crippen LogP contribution is 2.19. The second-order valence-electron chi connectivity index (χ2n) is 5.05. The number of halogens is 1. The van der Waals surface area contributed by atoms with Gasteiger partial charge in [-0.05, 0) is 56.2 Å². The van der Waals surface area contributed by atoms with Gasteiger partial charge in [-0.25, -0.2) is 4.39 Å². The van der Waals surface area contributed by atoms with Crippen LogP contribution in [0.4, 0.5) is 4.39 Å². The third-order valence-corrected chi connectivity index (χ3v) is 3.47. The number of rotatable bonds is 6. The van der Waals surface area contributed by atoms with Gasteiger partial charge in [0.15, 0.2) is 0 Å². The highest BCUT2D eigenvalue weighted by molar-refractivity contribution is 5.16. The molecule has 2 nitrogen and oxygen atoms in total. The minimum Gasteiger partial charge on any atom is -0.393 e. The SMILES string of the molecule is OC(CCCC1CCCO1)Cc1ccc(F)cc1. The van der Waals surface area contributed by atoms with Crippen molar-refractivity contribution in [2.45, 2.75) is 50.7 Å². The van der Waals surface area contributed by atoms with Gasteiger partial charge in [-0.1, -0.05) is 12.1 Å². The molecular formula is C15H21FO2. The van der Waals surface area contributed by atoms with Crippen LogP contribution in [-0.4, -0.2) is 23.9 Å². The molecule has 2 rings (SSSR count). The van der Waals surface area contributed by atoms with E-state index in [1.165, 1.54) is 18.6 Å². The van der Waals surface area contributed by atoms with Gasteiger partial charge in [0.25, 0.3) is 0 Å². The van der Waals surface area contributed by atoms with Crippen LogP contribution >= 0.6 is 0 Å². The predicted molar refractivity (Wildman–Crippen MR) is 68.9 cm³/mol. The number of hydrogen-bond donors (Lipinski definition) is 1. The molecular weight excluding hydrogens is 231 g/mol. The van der Waals surface area contributed by atoms with Crippen LogP contribution in [0.3, 0.4) is 0 Å². The van der Waals surface area contributed by atoms with Crippen LogP contribution in [-0.2, 0) is 11.2 Å². The third-order valence-electron chi connectivity index (χ3n) is 3.47. The second-order valence-corrected chi connectivity index (χ2v) is 5.05. The second kappa shape index (κ2) is 6.86. The molecule has 1 aromatic carbocycles. The maximum Gasteiger partial charge on any atom is 0.123 e. The molecule has 1 aliphatic heterocycles. The molecule has 1 aromatic rings. The van der Waals surface area contributed by atoms with E-state index in [4.69, 9.17) is 4.74 Å². The van der Waals surface area contributed by atoms with Crippen LogP contribution in [0.2, 0.25) is 0 Å². The largest absolute Gasteiger partial charge is 0.393 e. The van der Waals surface area contributed by atoms with Gasteiger partial charge < -0.3 is 9.84 Å². The minimum absolute atomic E-state index is 0.230. The van der Waals surface area contributed by atoms with Crippen LogP contribution in [0.5, 0.6) is 0 Å². The van der Waals surface area contributed by atoms with Gasteiger partial charge in [0.2, 0.25) is 0 Å². The van der Waals surface area contributed by atoms with Crippen molar-refractivity contribution in [2.24, 2.45) is 0 Å². The van der Waals surface area contributed by atoms with Gasteiger partial charge in [0.05, 0.1) is 12.2 Å². The first-order chi connectivity index (χ1) is 8.74. The Labute approximate surface area is 108 Å². The van der Waals surface area contributed by atoms with Crippen molar-refractivity contribution in [3.63, 3.8) is 0 Å². The molecule has 0 spiro atoms. The first kappa shape index (κ1) is 13.5. The van der Waals surface area contributed by atoms with Crippen molar-refractivity contribution < 1.29 is 14.2 Å². The van der Waals surface area contributed by atoms with Gasteiger partial charge in [0, 0.05) is 6.61 Å². The zero-order valence-corrected chi connectivity index (χ0v) is 10.6. The Morgan fingerprint density at radius 2 is 2.11 bits per heavy atom. The van der Waals surface area contributed by atoms with E-state index in [0.717, 1.165) is 37.9 Å². The number of aliphatic hydroxyl groups excluding tert-OH is 1. The molecule has 0 bridgehead atoms. The topological polar surface area (TPSA) is 29.5 Å². The summed E-state index contributed by atoms with van der Waals surface area (Å²) in [6, 6.07) is 6.35. The first-order valence-corrected chi connectivity index (χ1v) is 6.78. The molecule has 2 atom stereocenters. The summed E-state index contributed by atoms with van der Waals surface area (Å²) in [4.78, 5) is 0. The maximum absolute atomic E-state index is 12.7. The van der Waals surface area contributed by atoms with Crippen LogP contribution in [0.1, 0.15) is 37.7 Å². The predicted octanol–water partition coefficient (Wildman–Crippen LogP) is 3.08. The van der Waals surface area contributed by atoms with E-state index >= 15 is 0 Å². The highest BCUT2D eigenvalue weighted by atomic mass is 19.1. The van der Waals surface area contributed by atoms with Gasteiger partial charge in [-0.2, -0.15) is 0 Å². The fourth-order valence-corrected chi connectivity index (χ4v) is 2.45. The van der Waals surface area contributed by atoms with Crippen molar-refractivity contribution in [3.8, 4) is 0 Å². The molecule has 0 radical (unpaired) electrons. The van der Waals surface area contributed by atoms with Crippen LogP contribution in [0.15, 0.2) is 24.3 Å². The Hall–Kier alpha value is -0.930. The van der Waals surface area contributed by atoms with E-state index in [1.54, 1.807) is 12.1 Å². The third kappa shape index (κ3) is 4.39. The van der Waals surface area contributed by atoms with E-state index in [9.17, 15) is 9.50 Å². The van der Waals surface area contributed by atoms with E-state index < -0.39 is 0 Å². The van der Waals surface area contributed by atoms with Gasteiger partial charge in [-0.15, -0.1) is 0 Å².